The summed E-state index contributed by atoms with van der Waals surface area (Å²) < 4.78 is 5.81. The normalized spacial score (nSPS) is 11.6. The van der Waals surface area contributed by atoms with E-state index in [9.17, 15) is 4.79 Å². The Morgan fingerprint density at radius 2 is 1.52 bits per heavy atom. The van der Waals surface area contributed by atoms with Gasteiger partial charge in [0.15, 0.2) is 5.78 Å². The minimum atomic E-state index is 0.00957. The van der Waals surface area contributed by atoms with Crippen LogP contribution in [0.15, 0.2) is 79.4 Å². The second-order valence-corrected chi connectivity index (χ2v) is 7.70. The molecule has 2 nitrogen and oxygen atoms in total. The fourth-order valence-electron chi connectivity index (χ4n) is 2.69. The van der Waals surface area contributed by atoms with E-state index in [2.05, 4.69) is 29.4 Å². The van der Waals surface area contributed by atoms with Gasteiger partial charge in [-0.1, -0.05) is 77.1 Å². The number of rotatable bonds is 7. The lowest BCUT2D eigenvalue weighted by Crippen LogP contribution is -2.02. The quantitative estimate of drug-likeness (QED) is 0.318. The Morgan fingerprint density at radius 3 is 2.04 bits per heavy atom. The average Bonchev–Trinajstić information content (AvgIpc) is 2.72. The molecule has 0 saturated carbocycles. The summed E-state index contributed by atoms with van der Waals surface area (Å²) in [6.07, 6.45) is 1.81. The van der Waals surface area contributed by atoms with E-state index >= 15 is 0 Å². The topological polar surface area (TPSA) is 26.3 Å². The zero-order valence-corrected chi connectivity index (χ0v) is 16.8. The second-order valence-electron chi connectivity index (χ2n) is 6.33. The van der Waals surface area contributed by atoms with Gasteiger partial charge in [-0.3, -0.25) is 4.79 Å². The number of ketones is 1. The van der Waals surface area contributed by atoms with Crippen molar-refractivity contribution in [3.63, 3.8) is 0 Å². The molecule has 0 N–H and O–H groups in total. The Bertz CT molecular complexity index is 908. The molecule has 0 aromatic heterocycles. The molecule has 0 spiro atoms. The SMILES string of the molecule is C=Cc1ccc(COc2ccc(C(=O)c3ccc(C(C)Br)cc3)cc2)cc1. The number of ether oxygens (including phenoxy) is 1. The number of carbonyl (C=O) groups is 1. The first-order valence-corrected chi connectivity index (χ1v) is 9.71. The summed E-state index contributed by atoms with van der Waals surface area (Å²) >= 11 is 3.53. The molecule has 3 heteroatoms. The minimum Gasteiger partial charge on any atom is -0.489 e. The van der Waals surface area contributed by atoms with Crippen molar-refractivity contribution >= 4 is 27.8 Å². The van der Waals surface area contributed by atoms with E-state index in [-0.39, 0.29) is 10.6 Å². The highest BCUT2D eigenvalue weighted by molar-refractivity contribution is 9.09. The molecule has 3 aromatic rings. The number of hydrogen-bond acceptors (Lipinski definition) is 2. The van der Waals surface area contributed by atoms with E-state index in [0.717, 1.165) is 22.4 Å². The standard InChI is InChI=1S/C24H21BrO2/c1-3-18-4-6-19(7-5-18)16-27-23-14-12-22(13-15-23)24(26)21-10-8-20(9-11-21)17(2)25/h3-15,17H,1,16H2,2H3. The van der Waals surface area contributed by atoms with Crippen LogP contribution in [0.25, 0.3) is 6.08 Å². The number of halogens is 1. The molecule has 0 aliphatic carbocycles. The molecule has 0 heterocycles. The van der Waals surface area contributed by atoms with Crippen LogP contribution in [0, 0.1) is 0 Å². The van der Waals surface area contributed by atoms with Gasteiger partial charge in [0.1, 0.15) is 12.4 Å². The van der Waals surface area contributed by atoms with E-state index in [1.54, 1.807) is 12.1 Å². The molecule has 27 heavy (non-hydrogen) atoms. The molecule has 136 valence electrons. The predicted molar refractivity (Wildman–Crippen MR) is 115 cm³/mol. The largest absolute Gasteiger partial charge is 0.489 e. The molecule has 0 saturated heterocycles. The van der Waals surface area contributed by atoms with Crippen LogP contribution in [0.4, 0.5) is 0 Å². The van der Waals surface area contributed by atoms with E-state index in [4.69, 9.17) is 4.74 Å². The maximum Gasteiger partial charge on any atom is 0.193 e. The maximum atomic E-state index is 12.6. The Hall–Kier alpha value is -2.65. The van der Waals surface area contributed by atoms with Crippen molar-refractivity contribution in [2.45, 2.75) is 18.4 Å². The fourth-order valence-corrected chi connectivity index (χ4v) is 2.99. The van der Waals surface area contributed by atoms with Gasteiger partial charge in [0.2, 0.25) is 0 Å². The molecule has 0 aliphatic rings. The van der Waals surface area contributed by atoms with Gasteiger partial charge < -0.3 is 4.74 Å². The van der Waals surface area contributed by atoms with Crippen LogP contribution in [0.2, 0.25) is 0 Å². The monoisotopic (exact) mass is 420 g/mol. The van der Waals surface area contributed by atoms with Crippen molar-refractivity contribution in [1.82, 2.24) is 0 Å². The molecule has 0 bridgehead atoms. The summed E-state index contributed by atoms with van der Waals surface area (Å²) in [5.74, 6) is 0.748. The molecular weight excluding hydrogens is 400 g/mol. The smallest absolute Gasteiger partial charge is 0.193 e. The van der Waals surface area contributed by atoms with Crippen molar-refractivity contribution in [2.24, 2.45) is 0 Å². The number of carbonyl (C=O) groups excluding carboxylic acids is 1. The summed E-state index contributed by atoms with van der Waals surface area (Å²) in [5, 5.41) is 0. The van der Waals surface area contributed by atoms with Crippen molar-refractivity contribution in [3.8, 4) is 5.75 Å². The average molecular weight is 421 g/mol. The fraction of sp³-hybridized carbons (Fsp3) is 0.125. The van der Waals surface area contributed by atoms with Gasteiger partial charge in [-0.25, -0.2) is 0 Å². The van der Waals surface area contributed by atoms with E-state index in [0.29, 0.717) is 17.7 Å². The number of hydrogen-bond donors (Lipinski definition) is 0. The van der Waals surface area contributed by atoms with Gasteiger partial charge in [0.25, 0.3) is 0 Å². The van der Waals surface area contributed by atoms with Crippen LogP contribution >= 0.6 is 15.9 Å². The summed E-state index contributed by atoms with van der Waals surface area (Å²) in [6.45, 7) is 6.29. The summed E-state index contributed by atoms with van der Waals surface area (Å²) in [5.41, 5.74) is 4.65. The summed E-state index contributed by atoms with van der Waals surface area (Å²) in [4.78, 5) is 12.9. The van der Waals surface area contributed by atoms with Crippen molar-refractivity contribution in [1.29, 1.82) is 0 Å². The minimum absolute atomic E-state index is 0.00957. The lowest BCUT2D eigenvalue weighted by Gasteiger charge is -2.08. The molecule has 0 radical (unpaired) electrons. The van der Waals surface area contributed by atoms with Crippen LogP contribution in [0.3, 0.4) is 0 Å². The number of benzene rings is 3. The van der Waals surface area contributed by atoms with Gasteiger partial charge in [-0.05, 0) is 47.9 Å². The molecule has 1 atom stereocenters. The third-order valence-corrected chi connectivity index (χ3v) is 4.90. The first kappa shape index (κ1) is 19.1. The molecule has 3 aromatic carbocycles. The van der Waals surface area contributed by atoms with E-state index < -0.39 is 0 Å². The Balaban J connectivity index is 1.63. The Morgan fingerprint density at radius 1 is 0.963 bits per heavy atom. The van der Waals surface area contributed by atoms with Gasteiger partial charge in [0, 0.05) is 16.0 Å². The van der Waals surface area contributed by atoms with E-state index in [1.165, 1.54) is 0 Å². The van der Waals surface area contributed by atoms with Crippen LogP contribution in [0.1, 0.15) is 44.4 Å². The summed E-state index contributed by atoms with van der Waals surface area (Å²) in [7, 11) is 0. The van der Waals surface area contributed by atoms with Crippen LogP contribution < -0.4 is 4.74 Å². The Kier molecular flexibility index (Phi) is 6.25. The van der Waals surface area contributed by atoms with E-state index in [1.807, 2.05) is 66.7 Å². The van der Waals surface area contributed by atoms with Gasteiger partial charge in [-0.15, -0.1) is 0 Å². The molecule has 0 amide bonds. The van der Waals surface area contributed by atoms with Gasteiger partial charge in [-0.2, -0.15) is 0 Å². The number of alkyl halides is 1. The second kappa shape index (κ2) is 8.83. The Labute approximate surface area is 168 Å². The maximum absolute atomic E-state index is 12.6. The van der Waals surface area contributed by atoms with Gasteiger partial charge in [0.05, 0.1) is 0 Å². The lowest BCUT2D eigenvalue weighted by molar-refractivity contribution is 0.103. The first-order valence-electron chi connectivity index (χ1n) is 8.80. The van der Waals surface area contributed by atoms with Crippen LogP contribution in [-0.2, 0) is 6.61 Å². The van der Waals surface area contributed by atoms with Crippen molar-refractivity contribution in [2.75, 3.05) is 0 Å². The van der Waals surface area contributed by atoms with Crippen LogP contribution in [-0.4, -0.2) is 5.78 Å². The third kappa shape index (κ3) is 4.95. The third-order valence-electron chi connectivity index (χ3n) is 4.37. The molecular formula is C24H21BrO2. The first-order chi connectivity index (χ1) is 13.1. The van der Waals surface area contributed by atoms with Crippen molar-refractivity contribution in [3.05, 3.63) is 107 Å². The molecule has 0 fully saturated rings. The predicted octanol–water partition coefficient (Wildman–Crippen LogP) is 6.60. The summed E-state index contributed by atoms with van der Waals surface area (Å²) in [6, 6.07) is 23.0. The molecule has 1 unspecified atom stereocenters. The van der Waals surface area contributed by atoms with Crippen molar-refractivity contribution < 1.29 is 9.53 Å². The van der Waals surface area contributed by atoms with Crippen LogP contribution in [0.5, 0.6) is 5.75 Å². The highest BCUT2D eigenvalue weighted by Crippen LogP contribution is 2.23. The molecule has 0 aliphatic heterocycles. The van der Waals surface area contributed by atoms with Gasteiger partial charge >= 0.3 is 0 Å². The highest BCUT2D eigenvalue weighted by atomic mass is 79.9. The highest BCUT2D eigenvalue weighted by Gasteiger charge is 2.10. The lowest BCUT2D eigenvalue weighted by atomic mass is 10.0. The zero-order valence-electron chi connectivity index (χ0n) is 15.2. The zero-order chi connectivity index (χ0) is 19.2. The molecule has 3 rings (SSSR count).